The van der Waals surface area contributed by atoms with Gasteiger partial charge in [-0.25, -0.2) is 9.59 Å². The molecule has 10 heteroatoms. The highest BCUT2D eigenvalue weighted by Crippen LogP contribution is 2.37. The summed E-state index contributed by atoms with van der Waals surface area (Å²) in [6.07, 6.45) is 7.97. The number of carbonyl (C=O) groups excluding carboxylic acids is 2. The Morgan fingerprint density at radius 2 is 1.73 bits per heavy atom. The molecule has 168 valence electrons. The van der Waals surface area contributed by atoms with Crippen molar-refractivity contribution in [1.82, 2.24) is 14.5 Å². The molecule has 4 heterocycles. The van der Waals surface area contributed by atoms with Gasteiger partial charge in [0.05, 0.1) is 35.3 Å². The predicted molar refractivity (Wildman–Crippen MR) is 122 cm³/mol. The summed E-state index contributed by atoms with van der Waals surface area (Å²) in [5.41, 5.74) is 7.40. The van der Waals surface area contributed by atoms with Gasteiger partial charge in [0, 0.05) is 24.8 Å². The Bertz CT molecular complexity index is 1420. The monoisotopic (exact) mass is 464 g/mol. The van der Waals surface area contributed by atoms with Gasteiger partial charge in [0.25, 0.3) is 5.56 Å². The van der Waals surface area contributed by atoms with E-state index in [1.165, 1.54) is 11.7 Å². The molecule has 9 nitrogen and oxygen atoms in total. The predicted octanol–water partition coefficient (Wildman–Crippen LogP) is 0.340. The van der Waals surface area contributed by atoms with Crippen LogP contribution in [0.5, 0.6) is 0 Å². The van der Waals surface area contributed by atoms with Crippen molar-refractivity contribution in [3.05, 3.63) is 85.3 Å². The Kier molecular flexibility index (Phi) is 6.18. The molecule has 0 saturated carbocycles. The maximum atomic E-state index is 13.3. The number of aromatic nitrogens is 3. The molecule has 3 aromatic rings. The van der Waals surface area contributed by atoms with Crippen molar-refractivity contribution in [2.45, 2.75) is 12.8 Å². The number of carbonyl (C=O) groups is 2. The van der Waals surface area contributed by atoms with Crippen molar-refractivity contribution in [2.75, 3.05) is 13.7 Å². The summed E-state index contributed by atoms with van der Waals surface area (Å²) in [5.74, 6) is -2.39. The van der Waals surface area contributed by atoms with Crippen LogP contribution < -0.4 is 20.5 Å². The third kappa shape index (κ3) is 3.96. The number of thiazole rings is 1. The first-order valence-electron chi connectivity index (χ1n) is 10.0. The zero-order valence-corrected chi connectivity index (χ0v) is 18.7. The fourth-order valence-electron chi connectivity index (χ4n) is 3.66. The summed E-state index contributed by atoms with van der Waals surface area (Å²) < 4.78 is 12.1. The van der Waals surface area contributed by atoms with Crippen molar-refractivity contribution in [3.8, 4) is 0 Å². The van der Waals surface area contributed by atoms with Crippen LogP contribution >= 0.6 is 11.3 Å². The van der Waals surface area contributed by atoms with Crippen molar-refractivity contribution in [1.29, 1.82) is 0 Å². The minimum absolute atomic E-state index is 0.00805. The normalized spacial score (nSPS) is 15.9. The Morgan fingerprint density at radius 3 is 2.33 bits per heavy atom. The van der Waals surface area contributed by atoms with E-state index in [2.05, 4.69) is 9.97 Å². The molecular weight excluding hydrogens is 444 g/mol. The zero-order valence-electron chi connectivity index (χ0n) is 17.8. The fourth-order valence-corrected chi connectivity index (χ4v) is 4.83. The van der Waals surface area contributed by atoms with Gasteiger partial charge in [0.1, 0.15) is 10.5 Å². The summed E-state index contributed by atoms with van der Waals surface area (Å²) >= 11 is 1.09. The molecule has 0 saturated heterocycles. The molecule has 4 rings (SSSR count). The van der Waals surface area contributed by atoms with E-state index in [4.69, 9.17) is 15.2 Å². The maximum absolute atomic E-state index is 13.3. The Balaban J connectivity index is 2.12. The highest BCUT2D eigenvalue weighted by atomic mass is 32.1. The first-order valence-corrected chi connectivity index (χ1v) is 10.8. The molecule has 1 atom stereocenters. The number of hydrogen-bond acceptors (Lipinski definition) is 9. The van der Waals surface area contributed by atoms with E-state index in [0.717, 1.165) is 16.9 Å². The number of ether oxygens (including phenoxy) is 2. The van der Waals surface area contributed by atoms with Crippen LogP contribution in [0.25, 0.3) is 17.5 Å². The molecule has 0 bridgehead atoms. The van der Waals surface area contributed by atoms with Crippen molar-refractivity contribution in [2.24, 2.45) is 5.73 Å². The molecule has 1 aliphatic rings. The van der Waals surface area contributed by atoms with E-state index in [1.807, 2.05) is 0 Å². The van der Waals surface area contributed by atoms with E-state index in [1.54, 1.807) is 62.1 Å². The average Bonchev–Trinajstić information content (AvgIpc) is 3.15. The van der Waals surface area contributed by atoms with Gasteiger partial charge in [0.15, 0.2) is 0 Å². The minimum Gasteiger partial charge on any atom is -0.466 e. The molecule has 3 aromatic heterocycles. The van der Waals surface area contributed by atoms with Crippen LogP contribution in [-0.4, -0.2) is 40.2 Å². The van der Waals surface area contributed by atoms with E-state index >= 15 is 0 Å². The van der Waals surface area contributed by atoms with Crippen molar-refractivity contribution >= 4 is 40.7 Å². The average molecular weight is 465 g/mol. The SMILES string of the molecule is CCOC(=O)C1=C(N)n2c(s/c(=C/c3ccncc3)c2=O)=C(C(=O)OC)[C@@H]1c1ccncc1. The first-order chi connectivity index (χ1) is 16.0. The molecule has 0 aliphatic carbocycles. The Morgan fingerprint density at radius 1 is 1.09 bits per heavy atom. The molecule has 0 spiro atoms. The van der Waals surface area contributed by atoms with E-state index in [0.29, 0.717) is 14.8 Å². The Labute approximate surface area is 192 Å². The van der Waals surface area contributed by atoms with E-state index in [-0.39, 0.29) is 23.6 Å². The Hall–Kier alpha value is -4.05. The summed E-state index contributed by atoms with van der Waals surface area (Å²) in [4.78, 5) is 47.3. The summed E-state index contributed by atoms with van der Waals surface area (Å²) in [6.45, 7) is 1.76. The first kappa shape index (κ1) is 22.2. The van der Waals surface area contributed by atoms with Crippen LogP contribution in [0.1, 0.15) is 24.0 Å². The van der Waals surface area contributed by atoms with Crippen LogP contribution in [0.15, 0.2) is 59.4 Å². The number of nitrogens with zero attached hydrogens (tertiary/aromatic N) is 3. The lowest BCUT2D eigenvalue weighted by atomic mass is 9.83. The third-order valence-corrected chi connectivity index (χ3v) is 6.20. The van der Waals surface area contributed by atoms with Gasteiger partial charge in [-0.05, 0) is 48.4 Å². The summed E-state index contributed by atoms with van der Waals surface area (Å²) in [7, 11) is 1.24. The van der Waals surface area contributed by atoms with Gasteiger partial charge in [0.2, 0.25) is 0 Å². The van der Waals surface area contributed by atoms with Crippen LogP contribution in [0.2, 0.25) is 0 Å². The highest BCUT2D eigenvalue weighted by molar-refractivity contribution is 7.07. The number of esters is 2. The minimum atomic E-state index is -0.897. The standard InChI is InChI=1S/C23H20N4O5S/c1-3-32-23(30)17-16(14-6-10-26-11-7-14)18(22(29)31-2)21-27(19(17)24)20(28)15(33-21)12-13-4-8-25-9-5-13/h4-12,16H,3,24H2,1-2H3/b15-12+/t16-/m1/s1. The number of methoxy groups -OCH3 is 1. The highest BCUT2D eigenvalue weighted by Gasteiger charge is 2.39. The van der Waals surface area contributed by atoms with Gasteiger partial charge in [-0.3, -0.25) is 19.3 Å². The van der Waals surface area contributed by atoms with Gasteiger partial charge < -0.3 is 15.2 Å². The molecule has 0 fully saturated rings. The number of nitrogens with two attached hydrogens (primary N) is 1. The molecule has 0 aromatic carbocycles. The third-order valence-electron chi connectivity index (χ3n) is 5.09. The summed E-state index contributed by atoms with van der Waals surface area (Å²) in [6, 6.07) is 6.84. The van der Waals surface area contributed by atoms with Gasteiger partial charge >= 0.3 is 11.9 Å². The molecule has 0 unspecified atom stereocenters. The number of pyridine rings is 2. The fraction of sp³-hybridized carbons (Fsp3) is 0.174. The smallest absolute Gasteiger partial charge is 0.338 e. The molecule has 0 amide bonds. The molecule has 1 aliphatic heterocycles. The molecule has 0 radical (unpaired) electrons. The van der Waals surface area contributed by atoms with Crippen molar-refractivity contribution in [3.63, 3.8) is 0 Å². The zero-order chi connectivity index (χ0) is 23.5. The summed E-state index contributed by atoms with van der Waals surface area (Å²) in [5, 5.41) is 0. The van der Waals surface area contributed by atoms with E-state index < -0.39 is 23.4 Å². The molecule has 2 N–H and O–H groups in total. The lowest BCUT2D eigenvalue weighted by Crippen LogP contribution is -2.41. The maximum Gasteiger partial charge on any atom is 0.338 e. The van der Waals surface area contributed by atoms with E-state index in [9.17, 15) is 14.4 Å². The van der Waals surface area contributed by atoms with Gasteiger partial charge in [-0.1, -0.05) is 0 Å². The number of rotatable bonds is 5. The second-order valence-electron chi connectivity index (χ2n) is 6.98. The number of hydrogen-bond donors (Lipinski definition) is 1. The molecule has 33 heavy (non-hydrogen) atoms. The number of fused-ring (bicyclic) bond motifs is 1. The quantitative estimate of drug-likeness (QED) is 0.536. The lowest BCUT2D eigenvalue weighted by Gasteiger charge is -2.26. The van der Waals surface area contributed by atoms with Crippen LogP contribution in [0, 0.1) is 0 Å². The second kappa shape index (κ2) is 9.21. The van der Waals surface area contributed by atoms with Crippen LogP contribution in [-0.2, 0) is 19.1 Å². The van der Waals surface area contributed by atoms with Gasteiger partial charge in [-0.15, -0.1) is 11.3 Å². The van der Waals surface area contributed by atoms with Crippen molar-refractivity contribution < 1.29 is 19.1 Å². The van der Waals surface area contributed by atoms with Crippen LogP contribution in [0.4, 0.5) is 0 Å². The topological polar surface area (TPSA) is 126 Å². The van der Waals surface area contributed by atoms with Gasteiger partial charge in [-0.2, -0.15) is 0 Å². The molecular formula is C23H20N4O5S. The van der Waals surface area contributed by atoms with Crippen LogP contribution in [0.3, 0.4) is 0 Å². The lowest BCUT2D eigenvalue weighted by molar-refractivity contribution is -0.138. The largest absolute Gasteiger partial charge is 0.466 e. The second-order valence-corrected chi connectivity index (χ2v) is 8.01.